The van der Waals surface area contributed by atoms with Gasteiger partial charge in [0.25, 0.3) is 5.91 Å². The molecular weight excluding hydrogens is 388 g/mol. The Kier molecular flexibility index (Phi) is 6.26. The van der Waals surface area contributed by atoms with E-state index in [9.17, 15) is 9.59 Å². The summed E-state index contributed by atoms with van der Waals surface area (Å²) in [5.41, 5.74) is 3.87. The summed E-state index contributed by atoms with van der Waals surface area (Å²) in [6, 6.07) is 13.8. The third-order valence-electron chi connectivity index (χ3n) is 5.70. The van der Waals surface area contributed by atoms with Crippen LogP contribution in [0.5, 0.6) is 0 Å². The molecule has 4 rings (SSSR count). The number of pyridine rings is 1. The van der Waals surface area contributed by atoms with Crippen LogP contribution < -0.4 is 5.69 Å². The lowest BCUT2D eigenvalue weighted by Gasteiger charge is -2.36. The number of H-pyrrole nitrogens is 1. The number of nitrogens with zero attached hydrogens (tertiary/aromatic N) is 3. The molecule has 160 valence electrons. The number of rotatable bonds is 6. The van der Waals surface area contributed by atoms with E-state index in [1.54, 1.807) is 18.5 Å². The van der Waals surface area contributed by atoms with Gasteiger partial charge >= 0.3 is 5.69 Å². The molecule has 0 radical (unpaired) electrons. The minimum atomic E-state index is -0.480. The first-order chi connectivity index (χ1) is 15.0. The molecule has 2 aromatic heterocycles. The number of carbonyl (C=O) groups excluding carboxylic acids is 1. The van der Waals surface area contributed by atoms with Crippen molar-refractivity contribution < 1.29 is 4.79 Å². The highest BCUT2D eigenvalue weighted by molar-refractivity contribution is 5.92. The van der Waals surface area contributed by atoms with Crippen LogP contribution in [0.25, 0.3) is 0 Å². The van der Waals surface area contributed by atoms with Gasteiger partial charge in [-0.05, 0) is 60.4 Å². The van der Waals surface area contributed by atoms with Gasteiger partial charge in [0.15, 0.2) is 0 Å². The van der Waals surface area contributed by atoms with Crippen molar-refractivity contribution in [3.05, 3.63) is 93.4 Å². The van der Waals surface area contributed by atoms with Gasteiger partial charge in [0.1, 0.15) is 5.69 Å². The number of hydrogen-bond acceptors (Lipinski definition) is 4. The molecule has 0 fully saturated rings. The zero-order chi connectivity index (χ0) is 21.8. The molecule has 1 aliphatic carbocycles. The summed E-state index contributed by atoms with van der Waals surface area (Å²) in [7, 11) is 0. The Labute approximate surface area is 182 Å². The van der Waals surface area contributed by atoms with Gasteiger partial charge in [-0.2, -0.15) is 4.98 Å². The molecule has 1 unspecified atom stereocenters. The van der Waals surface area contributed by atoms with Gasteiger partial charge in [-0.1, -0.05) is 44.2 Å². The fraction of sp³-hybridized carbons (Fsp3) is 0.360. The summed E-state index contributed by atoms with van der Waals surface area (Å²) in [5, 5.41) is 0. The monoisotopic (exact) mass is 416 g/mol. The molecule has 0 saturated heterocycles. The van der Waals surface area contributed by atoms with Gasteiger partial charge in [0.05, 0.1) is 6.04 Å². The molecule has 1 aliphatic rings. The molecule has 1 atom stereocenters. The molecule has 2 heterocycles. The van der Waals surface area contributed by atoms with Crippen molar-refractivity contribution in [3.63, 3.8) is 0 Å². The first-order valence-electron chi connectivity index (χ1n) is 10.9. The molecule has 1 N–H and O–H groups in total. The Morgan fingerprint density at radius 3 is 2.84 bits per heavy atom. The second-order valence-electron chi connectivity index (χ2n) is 8.60. The maximum Gasteiger partial charge on any atom is 0.345 e. The molecular formula is C25H28N4O2. The van der Waals surface area contributed by atoms with E-state index in [0.717, 1.165) is 30.5 Å². The summed E-state index contributed by atoms with van der Waals surface area (Å²) in [6.45, 7) is 4.57. The summed E-state index contributed by atoms with van der Waals surface area (Å²) >= 11 is 0. The van der Waals surface area contributed by atoms with Gasteiger partial charge in [-0.25, -0.2) is 4.79 Å². The van der Waals surface area contributed by atoms with Crippen LogP contribution in [0.4, 0.5) is 0 Å². The van der Waals surface area contributed by atoms with Crippen LogP contribution in [-0.2, 0) is 19.4 Å². The molecule has 0 bridgehead atoms. The van der Waals surface area contributed by atoms with Crippen LogP contribution in [0.15, 0.2) is 59.7 Å². The van der Waals surface area contributed by atoms with Gasteiger partial charge in [-0.3, -0.25) is 9.78 Å². The number of carbonyl (C=O) groups is 1. The first kappa shape index (κ1) is 21.0. The average Bonchev–Trinajstić information content (AvgIpc) is 2.76. The molecule has 31 heavy (non-hydrogen) atoms. The largest absolute Gasteiger partial charge is 0.345 e. The number of nitrogens with one attached hydrogen (secondary N) is 1. The quantitative estimate of drug-likeness (QED) is 0.657. The highest BCUT2D eigenvalue weighted by Gasteiger charge is 2.31. The van der Waals surface area contributed by atoms with E-state index in [2.05, 4.69) is 40.9 Å². The smallest absolute Gasteiger partial charge is 0.326 e. The minimum absolute atomic E-state index is 0.0627. The Balaban J connectivity index is 1.74. The van der Waals surface area contributed by atoms with E-state index in [1.165, 1.54) is 11.1 Å². The van der Waals surface area contributed by atoms with Gasteiger partial charge in [-0.15, -0.1) is 0 Å². The summed E-state index contributed by atoms with van der Waals surface area (Å²) in [5.74, 6) is 0.138. The fourth-order valence-electron chi connectivity index (χ4n) is 4.38. The lowest BCUT2D eigenvalue weighted by Crippen LogP contribution is -2.37. The minimum Gasteiger partial charge on any atom is -0.326 e. The summed E-state index contributed by atoms with van der Waals surface area (Å²) < 4.78 is 0. The summed E-state index contributed by atoms with van der Waals surface area (Å²) in [4.78, 5) is 38.8. The van der Waals surface area contributed by atoms with E-state index in [4.69, 9.17) is 0 Å². The molecule has 0 spiro atoms. The number of aromatic nitrogens is 3. The Morgan fingerprint density at radius 2 is 2.06 bits per heavy atom. The molecule has 6 heteroatoms. The molecule has 1 aromatic carbocycles. The highest BCUT2D eigenvalue weighted by Crippen LogP contribution is 2.35. The average molecular weight is 417 g/mol. The van der Waals surface area contributed by atoms with Gasteiger partial charge in [0, 0.05) is 24.6 Å². The topological polar surface area (TPSA) is 79.0 Å². The number of hydrogen-bond donors (Lipinski definition) is 1. The Morgan fingerprint density at radius 1 is 1.23 bits per heavy atom. The van der Waals surface area contributed by atoms with Crippen molar-refractivity contribution in [1.82, 2.24) is 19.9 Å². The van der Waals surface area contributed by atoms with Crippen molar-refractivity contribution in [2.45, 2.75) is 52.1 Å². The predicted molar refractivity (Wildman–Crippen MR) is 120 cm³/mol. The number of aryl methyl sites for hydroxylation is 1. The zero-order valence-electron chi connectivity index (χ0n) is 18.0. The summed E-state index contributed by atoms with van der Waals surface area (Å²) in [6.07, 6.45) is 7.10. The standard InChI is InChI=1S/C25H28N4O2/c1-17(2)13-20-14-22(28-25(31)27-20)24(30)29(16-18-7-6-12-26-15-18)23-11-5-9-19-8-3-4-10-21(19)23/h3-4,6-8,10,12,14-15,17,23H,5,9,11,13,16H2,1-2H3,(H,27,28,31). The van der Waals surface area contributed by atoms with Crippen LogP contribution >= 0.6 is 0 Å². The zero-order valence-corrected chi connectivity index (χ0v) is 18.0. The van der Waals surface area contributed by atoms with Crippen LogP contribution in [0.3, 0.4) is 0 Å². The van der Waals surface area contributed by atoms with Gasteiger partial charge in [0.2, 0.25) is 0 Å². The molecule has 0 aliphatic heterocycles. The molecule has 1 amide bonds. The number of aromatic amines is 1. The lowest BCUT2D eigenvalue weighted by atomic mass is 9.86. The van der Waals surface area contributed by atoms with Crippen molar-refractivity contribution in [1.29, 1.82) is 0 Å². The van der Waals surface area contributed by atoms with Crippen LogP contribution in [0.1, 0.15) is 65.6 Å². The van der Waals surface area contributed by atoms with E-state index < -0.39 is 5.69 Å². The third kappa shape index (κ3) is 4.90. The molecule has 3 aromatic rings. The van der Waals surface area contributed by atoms with Crippen molar-refractivity contribution in [2.75, 3.05) is 0 Å². The molecule has 0 saturated carbocycles. The normalized spacial score (nSPS) is 15.5. The van der Waals surface area contributed by atoms with Crippen LogP contribution in [-0.4, -0.2) is 25.8 Å². The fourth-order valence-corrected chi connectivity index (χ4v) is 4.38. The van der Waals surface area contributed by atoms with E-state index in [1.807, 2.05) is 29.2 Å². The Bertz CT molecular complexity index is 1110. The second-order valence-corrected chi connectivity index (χ2v) is 8.60. The second kappa shape index (κ2) is 9.25. The van der Waals surface area contributed by atoms with E-state index in [0.29, 0.717) is 18.9 Å². The SMILES string of the molecule is CC(C)Cc1cc(C(=O)N(Cc2cccnc2)C2CCCc3ccccc32)nc(=O)[nH]1. The molecule has 6 nitrogen and oxygen atoms in total. The first-order valence-corrected chi connectivity index (χ1v) is 10.9. The number of benzene rings is 1. The van der Waals surface area contributed by atoms with Crippen LogP contribution in [0.2, 0.25) is 0 Å². The van der Waals surface area contributed by atoms with Crippen molar-refractivity contribution >= 4 is 5.91 Å². The number of amides is 1. The van der Waals surface area contributed by atoms with Crippen molar-refractivity contribution in [3.8, 4) is 0 Å². The maximum absolute atomic E-state index is 13.7. The number of fused-ring (bicyclic) bond motifs is 1. The highest BCUT2D eigenvalue weighted by atomic mass is 16.2. The van der Waals surface area contributed by atoms with Crippen LogP contribution in [0, 0.1) is 5.92 Å². The van der Waals surface area contributed by atoms with E-state index in [-0.39, 0.29) is 17.6 Å². The van der Waals surface area contributed by atoms with E-state index >= 15 is 0 Å². The Hall–Kier alpha value is -3.28. The third-order valence-corrected chi connectivity index (χ3v) is 5.70. The van der Waals surface area contributed by atoms with Crippen molar-refractivity contribution in [2.24, 2.45) is 5.92 Å². The van der Waals surface area contributed by atoms with Gasteiger partial charge < -0.3 is 9.88 Å². The predicted octanol–water partition coefficient (Wildman–Crippen LogP) is 4.08. The maximum atomic E-state index is 13.7. The lowest BCUT2D eigenvalue weighted by molar-refractivity contribution is 0.0631.